The molecule has 5 nitrogen and oxygen atoms in total. The lowest BCUT2D eigenvalue weighted by molar-refractivity contribution is 0.251. The van der Waals surface area contributed by atoms with Crippen LogP contribution in [0, 0.1) is 5.92 Å². The maximum atomic E-state index is 9.24. The van der Waals surface area contributed by atoms with Crippen molar-refractivity contribution in [2.24, 2.45) is 10.9 Å². The Kier molecular flexibility index (Phi) is 12.6. The zero-order valence-corrected chi connectivity index (χ0v) is 18.4. The molecule has 0 aliphatic rings. The van der Waals surface area contributed by atoms with E-state index in [9.17, 15) is 5.11 Å². The van der Waals surface area contributed by atoms with Crippen molar-refractivity contribution in [3.63, 3.8) is 0 Å². The van der Waals surface area contributed by atoms with E-state index in [0.29, 0.717) is 12.5 Å². The number of nitrogens with one attached hydrogen (secondary N) is 2. The highest BCUT2D eigenvalue weighted by Crippen LogP contribution is 2.09. The van der Waals surface area contributed by atoms with Gasteiger partial charge in [0.2, 0.25) is 0 Å². The minimum atomic E-state index is 0. The Balaban J connectivity index is 0.00000364. The van der Waals surface area contributed by atoms with E-state index in [4.69, 9.17) is 9.41 Å². The molecule has 0 amide bonds. The van der Waals surface area contributed by atoms with Gasteiger partial charge >= 0.3 is 0 Å². The number of halogens is 1. The van der Waals surface area contributed by atoms with Crippen LogP contribution in [-0.2, 0) is 13.0 Å². The second-order valence-corrected chi connectivity index (χ2v) is 6.45. The van der Waals surface area contributed by atoms with Gasteiger partial charge in [-0.2, -0.15) is 0 Å². The summed E-state index contributed by atoms with van der Waals surface area (Å²) in [4.78, 5) is 4.71. The molecule has 0 bridgehead atoms. The lowest BCUT2D eigenvalue weighted by atomic mass is 10.0. The van der Waals surface area contributed by atoms with Gasteiger partial charge in [0.25, 0.3) is 0 Å². The van der Waals surface area contributed by atoms with Crippen LogP contribution in [0.4, 0.5) is 0 Å². The second-order valence-electron chi connectivity index (χ2n) is 6.45. The highest BCUT2D eigenvalue weighted by Gasteiger charge is 2.08. The molecule has 1 aromatic carbocycles. The molecule has 0 fully saturated rings. The van der Waals surface area contributed by atoms with Crippen molar-refractivity contribution in [3.05, 3.63) is 60.1 Å². The highest BCUT2D eigenvalue weighted by atomic mass is 127. The Morgan fingerprint density at radius 1 is 1.11 bits per heavy atom. The molecule has 27 heavy (non-hydrogen) atoms. The normalized spacial score (nSPS) is 12.3. The largest absolute Gasteiger partial charge is 0.469 e. The zero-order chi connectivity index (χ0) is 18.5. The summed E-state index contributed by atoms with van der Waals surface area (Å²) in [6.07, 6.45) is 5.55. The Hall–Kier alpha value is -1.54. The molecular formula is C21H32IN3O2. The zero-order valence-electron chi connectivity index (χ0n) is 16.1. The Morgan fingerprint density at radius 2 is 1.93 bits per heavy atom. The third-order valence-electron chi connectivity index (χ3n) is 4.30. The van der Waals surface area contributed by atoms with Crippen molar-refractivity contribution < 1.29 is 9.52 Å². The predicted octanol–water partition coefficient (Wildman–Crippen LogP) is 3.97. The van der Waals surface area contributed by atoms with E-state index in [1.54, 1.807) is 6.26 Å². The number of hydrogen-bond donors (Lipinski definition) is 3. The number of hydrogen-bond acceptors (Lipinski definition) is 3. The average Bonchev–Trinajstić information content (AvgIpc) is 3.18. The summed E-state index contributed by atoms with van der Waals surface area (Å²) in [5.41, 5.74) is 1.18. The van der Waals surface area contributed by atoms with Crippen LogP contribution in [0.3, 0.4) is 0 Å². The minimum Gasteiger partial charge on any atom is -0.469 e. The number of aliphatic imine (C=N–C) groups is 1. The lowest BCUT2D eigenvalue weighted by Crippen LogP contribution is -2.41. The molecule has 2 rings (SSSR count). The molecule has 0 aliphatic carbocycles. The van der Waals surface area contributed by atoms with E-state index < -0.39 is 0 Å². The molecule has 0 saturated carbocycles. The fourth-order valence-electron chi connectivity index (χ4n) is 2.87. The van der Waals surface area contributed by atoms with Crippen molar-refractivity contribution in [3.8, 4) is 0 Å². The summed E-state index contributed by atoms with van der Waals surface area (Å²) in [7, 11) is 0. The SMILES string of the molecule is CCCC(CCO)CNC(=NCc1ccccc1)NCCc1ccco1.I. The van der Waals surface area contributed by atoms with E-state index in [1.165, 1.54) is 5.56 Å². The first-order valence-electron chi connectivity index (χ1n) is 9.51. The van der Waals surface area contributed by atoms with E-state index >= 15 is 0 Å². The summed E-state index contributed by atoms with van der Waals surface area (Å²) in [5, 5.41) is 16.1. The van der Waals surface area contributed by atoms with Gasteiger partial charge in [-0.25, -0.2) is 4.99 Å². The van der Waals surface area contributed by atoms with Crippen LogP contribution in [-0.4, -0.2) is 30.8 Å². The third-order valence-corrected chi connectivity index (χ3v) is 4.30. The molecule has 1 unspecified atom stereocenters. The quantitative estimate of drug-likeness (QED) is 0.256. The number of guanidine groups is 1. The van der Waals surface area contributed by atoms with Crippen LogP contribution in [0.25, 0.3) is 0 Å². The molecule has 0 radical (unpaired) electrons. The van der Waals surface area contributed by atoms with Crippen molar-refractivity contribution in [1.29, 1.82) is 0 Å². The second kappa shape index (κ2) is 14.5. The molecule has 0 spiro atoms. The van der Waals surface area contributed by atoms with Crippen LogP contribution in [0.1, 0.15) is 37.5 Å². The number of furan rings is 1. The topological polar surface area (TPSA) is 69.8 Å². The van der Waals surface area contributed by atoms with Gasteiger partial charge in [-0.1, -0.05) is 43.7 Å². The number of rotatable bonds is 11. The van der Waals surface area contributed by atoms with Crippen LogP contribution in [0.15, 0.2) is 58.1 Å². The van der Waals surface area contributed by atoms with E-state index in [2.05, 4.69) is 29.7 Å². The lowest BCUT2D eigenvalue weighted by Gasteiger charge is -2.18. The molecule has 3 N–H and O–H groups in total. The first-order valence-corrected chi connectivity index (χ1v) is 9.51. The molecule has 1 aromatic heterocycles. The van der Waals surface area contributed by atoms with Crippen molar-refractivity contribution in [2.75, 3.05) is 19.7 Å². The van der Waals surface area contributed by atoms with Crippen molar-refractivity contribution in [2.45, 2.75) is 39.2 Å². The maximum absolute atomic E-state index is 9.24. The highest BCUT2D eigenvalue weighted by molar-refractivity contribution is 14.0. The summed E-state index contributed by atoms with van der Waals surface area (Å²) in [6.45, 7) is 4.61. The molecule has 2 aromatic rings. The smallest absolute Gasteiger partial charge is 0.191 e. The maximum Gasteiger partial charge on any atom is 0.191 e. The third kappa shape index (κ3) is 9.81. The monoisotopic (exact) mass is 485 g/mol. The number of aliphatic hydroxyl groups is 1. The first kappa shape index (κ1) is 23.5. The Labute approximate surface area is 179 Å². The standard InChI is InChI=1S/C21H31N3O2.HI/c1-2-7-18(12-14-25)16-23-21(22-13-11-20-10-6-15-26-20)24-17-19-8-4-3-5-9-19;/h3-6,8-10,15,18,25H,2,7,11-14,16-17H2,1H3,(H2,22,23,24);1H. The fraction of sp³-hybridized carbons (Fsp3) is 0.476. The molecule has 0 aliphatic heterocycles. The molecule has 6 heteroatoms. The first-order chi connectivity index (χ1) is 12.8. The Morgan fingerprint density at radius 3 is 2.59 bits per heavy atom. The van der Waals surface area contributed by atoms with Gasteiger partial charge in [-0.05, 0) is 36.5 Å². The van der Waals surface area contributed by atoms with Gasteiger partial charge in [0.1, 0.15) is 5.76 Å². The van der Waals surface area contributed by atoms with Gasteiger partial charge in [0.15, 0.2) is 5.96 Å². The van der Waals surface area contributed by atoms with Gasteiger partial charge in [-0.3, -0.25) is 0 Å². The van der Waals surface area contributed by atoms with Gasteiger partial charge in [-0.15, -0.1) is 24.0 Å². The van der Waals surface area contributed by atoms with E-state index in [-0.39, 0.29) is 30.6 Å². The molecular weight excluding hydrogens is 453 g/mol. The van der Waals surface area contributed by atoms with Crippen molar-refractivity contribution in [1.82, 2.24) is 10.6 Å². The van der Waals surface area contributed by atoms with E-state index in [1.807, 2.05) is 30.3 Å². The van der Waals surface area contributed by atoms with Gasteiger partial charge in [0, 0.05) is 26.1 Å². The Bertz CT molecular complexity index is 612. The fourth-order valence-corrected chi connectivity index (χ4v) is 2.87. The molecule has 1 heterocycles. The summed E-state index contributed by atoms with van der Waals surface area (Å²) in [6, 6.07) is 14.1. The molecule has 150 valence electrons. The van der Waals surface area contributed by atoms with Crippen LogP contribution >= 0.6 is 24.0 Å². The molecule has 1 atom stereocenters. The molecule has 0 saturated heterocycles. The summed E-state index contributed by atoms with van der Waals surface area (Å²) < 4.78 is 5.38. The van der Waals surface area contributed by atoms with Gasteiger partial charge in [0.05, 0.1) is 12.8 Å². The van der Waals surface area contributed by atoms with Crippen LogP contribution in [0.2, 0.25) is 0 Å². The minimum absolute atomic E-state index is 0. The average molecular weight is 485 g/mol. The number of benzene rings is 1. The predicted molar refractivity (Wildman–Crippen MR) is 122 cm³/mol. The van der Waals surface area contributed by atoms with Crippen LogP contribution in [0.5, 0.6) is 0 Å². The van der Waals surface area contributed by atoms with Gasteiger partial charge < -0.3 is 20.2 Å². The number of nitrogens with zero attached hydrogens (tertiary/aromatic N) is 1. The van der Waals surface area contributed by atoms with Crippen LogP contribution < -0.4 is 10.6 Å². The summed E-state index contributed by atoms with van der Waals surface area (Å²) in [5.74, 6) is 2.22. The van der Waals surface area contributed by atoms with E-state index in [0.717, 1.165) is 50.5 Å². The number of aliphatic hydroxyl groups excluding tert-OH is 1. The summed E-state index contributed by atoms with van der Waals surface area (Å²) >= 11 is 0. The van der Waals surface area contributed by atoms with Crippen molar-refractivity contribution >= 4 is 29.9 Å².